The molecule has 2 aliphatic rings. The van der Waals surface area contributed by atoms with E-state index in [-0.39, 0.29) is 11.8 Å². The van der Waals surface area contributed by atoms with Crippen LogP contribution in [0.25, 0.3) is 0 Å². The number of thiophene rings is 1. The molecule has 2 atom stereocenters. The van der Waals surface area contributed by atoms with Crippen molar-refractivity contribution >= 4 is 23.2 Å². The first-order valence-corrected chi connectivity index (χ1v) is 8.48. The maximum Gasteiger partial charge on any atom is 0.246 e. The van der Waals surface area contributed by atoms with Crippen LogP contribution in [0.3, 0.4) is 0 Å². The van der Waals surface area contributed by atoms with Gasteiger partial charge in [0.1, 0.15) is 11.6 Å². The van der Waals surface area contributed by atoms with Gasteiger partial charge in [-0.05, 0) is 51.2 Å². The number of aryl methyl sites for hydroxylation is 1. The van der Waals surface area contributed by atoms with E-state index in [4.69, 9.17) is 0 Å². The standard InChI is InChI=1S/C16H22N2O2S/c1-4-12-7-8-13(21-12)9-18-14(19)10(2)17-15(20)16(18,3)11-5-6-11/h7-8,10-11H,4-6,9H2,1-3H3,(H,17,20). The number of carbonyl (C=O) groups is 2. The molecule has 2 unspecified atom stereocenters. The molecule has 3 rings (SSSR count). The number of carbonyl (C=O) groups excluding carboxylic acids is 2. The van der Waals surface area contributed by atoms with Crippen LogP contribution in [-0.2, 0) is 22.6 Å². The zero-order valence-electron chi connectivity index (χ0n) is 12.8. The third-order valence-corrected chi connectivity index (χ3v) is 5.97. The number of piperazine rings is 1. The molecule has 2 fully saturated rings. The smallest absolute Gasteiger partial charge is 0.246 e. The number of hydrogen-bond donors (Lipinski definition) is 1. The van der Waals surface area contributed by atoms with Gasteiger partial charge in [0, 0.05) is 9.75 Å². The Morgan fingerprint density at radius 3 is 2.57 bits per heavy atom. The zero-order valence-corrected chi connectivity index (χ0v) is 13.6. The molecule has 5 heteroatoms. The van der Waals surface area contributed by atoms with Crippen LogP contribution in [0.15, 0.2) is 12.1 Å². The molecular formula is C16H22N2O2S. The maximum atomic E-state index is 12.6. The molecule has 2 heterocycles. The zero-order chi connectivity index (χ0) is 15.2. The van der Waals surface area contributed by atoms with Gasteiger partial charge in [0.25, 0.3) is 0 Å². The molecule has 4 nitrogen and oxygen atoms in total. The molecule has 0 aromatic carbocycles. The maximum absolute atomic E-state index is 12.6. The lowest BCUT2D eigenvalue weighted by molar-refractivity contribution is -0.158. The first-order chi connectivity index (χ1) is 9.96. The Hall–Kier alpha value is -1.36. The number of hydrogen-bond acceptors (Lipinski definition) is 3. The molecule has 1 saturated heterocycles. The first-order valence-electron chi connectivity index (χ1n) is 7.66. The van der Waals surface area contributed by atoms with Crippen molar-refractivity contribution in [1.29, 1.82) is 0 Å². The van der Waals surface area contributed by atoms with Crippen LogP contribution in [0.1, 0.15) is 43.4 Å². The molecule has 0 radical (unpaired) electrons. The van der Waals surface area contributed by atoms with Crippen molar-refractivity contribution in [2.75, 3.05) is 0 Å². The Balaban J connectivity index is 1.90. The average Bonchev–Trinajstić information content (AvgIpc) is 3.22. The molecule has 1 aliphatic carbocycles. The van der Waals surface area contributed by atoms with E-state index in [0.29, 0.717) is 12.5 Å². The van der Waals surface area contributed by atoms with E-state index in [0.717, 1.165) is 24.1 Å². The molecule has 1 N–H and O–H groups in total. The van der Waals surface area contributed by atoms with E-state index >= 15 is 0 Å². The van der Waals surface area contributed by atoms with Gasteiger partial charge in [0.05, 0.1) is 6.54 Å². The van der Waals surface area contributed by atoms with Crippen molar-refractivity contribution in [1.82, 2.24) is 10.2 Å². The van der Waals surface area contributed by atoms with Gasteiger partial charge < -0.3 is 10.2 Å². The fraction of sp³-hybridized carbons (Fsp3) is 0.625. The highest BCUT2D eigenvalue weighted by atomic mass is 32.1. The summed E-state index contributed by atoms with van der Waals surface area (Å²) in [6, 6.07) is 3.78. The van der Waals surface area contributed by atoms with Crippen LogP contribution in [-0.4, -0.2) is 28.3 Å². The summed E-state index contributed by atoms with van der Waals surface area (Å²) >= 11 is 1.74. The Labute approximate surface area is 129 Å². The minimum atomic E-state index is -0.681. The summed E-state index contributed by atoms with van der Waals surface area (Å²) in [6.45, 7) is 6.38. The summed E-state index contributed by atoms with van der Waals surface area (Å²) in [6.07, 6.45) is 3.08. The lowest BCUT2D eigenvalue weighted by Crippen LogP contribution is -2.69. The quantitative estimate of drug-likeness (QED) is 0.928. The molecule has 0 spiro atoms. The van der Waals surface area contributed by atoms with E-state index in [1.165, 1.54) is 4.88 Å². The first kappa shape index (κ1) is 14.6. The molecule has 114 valence electrons. The minimum Gasteiger partial charge on any atom is -0.343 e. The van der Waals surface area contributed by atoms with Gasteiger partial charge in [-0.3, -0.25) is 9.59 Å². The molecule has 1 aliphatic heterocycles. The monoisotopic (exact) mass is 306 g/mol. The Morgan fingerprint density at radius 2 is 2.00 bits per heavy atom. The van der Waals surface area contributed by atoms with Crippen molar-refractivity contribution < 1.29 is 9.59 Å². The van der Waals surface area contributed by atoms with Crippen LogP contribution in [0.5, 0.6) is 0 Å². The lowest BCUT2D eigenvalue weighted by Gasteiger charge is -2.46. The fourth-order valence-corrected chi connectivity index (χ4v) is 4.08. The third kappa shape index (κ3) is 2.37. The highest BCUT2D eigenvalue weighted by Crippen LogP contribution is 2.45. The van der Waals surface area contributed by atoms with Crippen LogP contribution >= 0.6 is 11.3 Å². The summed E-state index contributed by atoms with van der Waals surface area (Å²) in [5, 5.41) is 2.85. The minimum absolute atomic E-state index is 0.00405. The molecular weight excluding hydrogens is 284 g/mol. The van der Waals surface area contributed by atoms with E-state index < -0.39 is 11.6 Å². The van der Waals surface area contributed by atoms with Gasteiger partial charge in [-0.25, -0.2) is 0 Å². The normalized spacial score (nSPS) is 29.7. The van der Waals surface area contributed by atoms with Crippen molar-refractivity contribution in [2.45, 2.75) is 58.2 Å². The van der Waals surface area contributed by atoms with Crippen LogP contribution in [0.4, 0.5) is 0 Å². The summed E-state index contributed by atoms with van der Waals surface area (Å²) in [7, 11) is 0. The van der Waals surface area contributed by atoms with Gasteiger partial charge in [-0.2, -0.15) is 0 Å². The molecule has 2 amide bonds. The van der Waals surface area contributed by atoms with Gasteiger partial charge in [-0.1, -0.05) is 6.92 Å². The molecule has 0 bridgehead atoms. The van der Waals surface area contributed by atoms with Gasteiger partial charge in [0.2, 0.25) is 11.8 Å². The van der Waals surface area contributed by atoms with Crippen molar-refractivity contribution in [3.05, 3.63) is 21.9 Å². The molecule has 21 heavy (non-hydrogen) atoms. The van der Waals surface area contributed by atoms with E-state index in [2.05, 4.69) is 24.4 Å². The SMILES string of the molecule is CCc1ccc(CN2C(=O)C(C)NC(=O)C2(C)C2CC2)s1. The Bertz CT molecular complexity index is 579. The molecule has 1 aromatic heterocycles. The predicted molar refractivity (Wildman–Crippen MR) is 83.0 cm³/mol. The van der Waals surface area contributed by atoms with E-state index in [1.807, 2.05) is 11.8 Å². The second kappa shape index (κ2) is 5.13. The average molecular weight is 306 g/mol. The third-order valence-electron chi connectivity index (χ3n) is 4.76. The van der Waals surface area contributed by atoms with Crippen LogP contribution in [0.2, 0.25) is 0 Å². The number of rotatable bonds is 4. The van der Waals surface area contributed by atoms with E-state index in [1.54, 1.807) is 18.3 Å². The molecule has 1 aromatic rings. The van der Waals surface area contributed by atoms with Crippen LogP contribution in [0, 0.1) is 5.92 Å². The summed E-state index contributed by atoms with van der Waals surface area (Å²) < 4.78 is 0. The molecule has 1 saturated carbocycles. The lowest BCUT2D eigenvalue weighted by atomic mass is 9.88. The second-order valence-corrected chi connectivity index (χ2v) is 7.52. The predicted octanol–water partition coefficient (Wildman–Crippen LogP) is 2.33. The largest absolute Gasteiger partial charge is 0.343 e. The van der Waals surface area contributed by atoms with Crippen LogP contribution < -0.4 is 5.32 Å². The number of nitrogens with one attached hydrogen (secondary N) is 1. The Morgan fingerprint density at radius 1 is 1.33 bits per heavy atom. The highest BCUT2D eigenvalue weighted by Gasteiger charge is 2.56. The summed E-state index contributed by atoms with van der Waals surface area (Å²) in [5.41, 5.74) is -0.681. The van der Waals surface area contributed by atoms with Crippen molar-refractivity contribution in [3.8, 4) is 0 Å². The topological polar surface area (TPSA) is 49.4 Å². The number of amides is 2. The fourth-order valence-electron chi connectivity index (χ4n) is 3.14. The second-order valence-electron chi connectivity index (χ2n) is 6.26. The summed E-state index contributed by atoms with van der Waals surface area (Å²) in [4.78, 5) is 29.4. The van der Waals surface area contributed by atoms with Crippen molar-refractivity contribution in [3.63, 3.8) is 0 Å². The number of nitrogens with zero attached hydrogens (tertiary/aromatic N) is 1. The van der Waals surface area contributed by atoms with Gasteiger partial charge in [0.15, 0.2) is 0 Å². The van der Waals surface area contributed by atoms with Gasteiger partial charge >= 0.3 is 0 Å². The van der Waals surface area contributed by atoms with Crippen molar-refractivity contribution in [2.24, 2.45) is 5.92 Å². The highest BCUT2D eigenvalue weighted by molar-refractivity contribution is 7.11. The Kier molecular flexibility index (Phi) is 3.56. The summed E-state index contributed by atoms with van der Waals surface area (Å²) in [5.74, 6) is 0.347. The van der Waals surface area contributed by atoms with Gasteiger partial charge in [-0.15, -0.1) is 11.3 Å². The van der Waals surface area contributed by atoms with E-state index in [9.17, 15) is 9.59 Å².